The number of nitrogens with zero attached hydrogens (tertiary/aromatic N) is 2. The predicted octanol–water partition coefficient (Wildman–Crippen LogP) is 5.30. The smallest absolute Gasteiger partial charge is 0.319 e. The van der Waals surface area contributed by atoms with Gasteiger partial charge in [-0.2, -0.15) is 0 Å². The van der Waals surface area contributed by atoms with Crippen LogP contribution in [0.25, 0.3) is 0 Å². The van der Waals surface area contributed by atoms with Crippen LogP contribution in [0.4, 0.5) is 10.5 Å². The first-order chi connectivity index (χ1) is 16.3. The number of halogens is 1. The Balaban J connectivity index is 1.93. The molecule has 2 N–H and O–H groups in total. The van der Waals surface area contributed by atoms with Crippen molar-refractivity contribution in [2.45, 2.75) is 84.7 Å². The molecule has 0 radical (unpaired) electrons. The fraction of sp³-hybridized carbons (Fsp3) is 0.654. The van der Waals surface area contributed by atoms with Gasteiger partial charge in [-0.15, -0.1) is 0 Å². The summed E-state index contributed by atoms with van der Waals surface area (Å²) < 4.78 is 0. The third-order valence-corrected chi connectivity index (χ3v) is 6.84. The lowest BCUT2D eigenvalue weighted by Gasteiger charge is -2.41. The van der Waals surface area contributed by atoms with Gasteiger partial charge in [-0.05, 0) is 37.5 Å². The highest BCUT2D eigenvalue weighted by atomic mass is 35.5. The van der Waals surface area contributed by atoms with Crippen molar-refractivity contribution in [1.82, 2.24) is 15.1 Å². The first-order valence-electron chi connectivity index (χ1n) is 12.7. The van der Waals surface area contributed by atoms with E-state index in [1.54, 1.807) is 29.2 Å². The molecule has 3 unspecified atom stereocenters. The van der Waals surface area contributed by atoms with E-state index in [-0.39, 0.29) is 23.8 Å². The molecule has 7 nitrogen and oxygen atoms in total. The van der Waals surface area contributed by atoms with E-state index in [0.717, 1.165) is 19.3 Å². The highest BCUT2D eigenvalue weighted by molar-refractivity contribution is 6.30. The standard InChI is InChI=1S/C26H41ClN4O3/c1-5-7-8-9-10-14-23(32)31-16-15-30(18-20(31)4)25(33)24(19(3)6-2)29-26(34)28-22-13-11-12-21(27)17-22/h11-13,17,19-20,24H,5-10,14-16,18H2,1-4H3,(H2,28,29,34). The van der Waals surface area contributed by atoms with Crippen LogP contribution in [0.5, 0.6) is 0 Å². The summed E-state index contributed by atoms with van der Waals surface area (Å²) in [4.78, 5) is 42.4. The van der Waals surface area contributed by atoms with Crippen molar-refractivity contribution in [2.75, 3.05) is 25.0 Å². The van der Waals surface area contributed by atoms with Gasteiger partial charge < -0.3 is 20.4 Å². The van der Waals surface area contributed by atoms with Crippen molar-refractivity contribution >= 4 is 35.1 Å². The van der Waals surface area contributed by atoms with E-state index in [1.165, 1.54) is 19.3 Å². The van der Waals surface area contributed by atoms with E-state index in [4.69, 9.17) is 11.6 Å². The summed E-state index contributed by atoms with van der Waals surface area (Å²) >= 11 is 5.99. The molecule has 0 aromatic heterocycles. The lowest BCUT2D eigenvalue weighted by Crippen LogP contribution is -2.60. The second-order valence-electron chi connectivity index (χ2n) is 9.36. The monoisotopic (exact) mass is 492 g/mol. The largest absolute Gasteiger partial charge is 0.337 e. The van der Waals surface area contributed by atoms with Gasteiger partial charge in [0.1, 0.15) is 6.04 Å². The molecule has 8 heteroatoms. The molecule has 1 heterocycles. The van der Waals surface area contributed by atoms with Crippen LogP contribution < -0.4 is 10.6 Å². The van der Waals surface area contributed by atoms with Gasteiger partial charge in [0.05, 0.1) is 0 Å². The quantitative estimate of drug-likeness (QED) is 0.411. The molecular formula is C26H41ClN4O3. The third-order valence-electron chi connectivity index (χ3n) is 6.60. The number of urea groups is 1. The Labute approximate surface area is 209 Å². The van der Waals surface area contributed by atoms with E-state index in [1.807, 2.05) is 25.7 Å². The van der Waals surface area contributed by atoms with Crippen LogP contribution in [0.15, 0.2) is 24.3 Å². The number of amides is 4. The van der Waals surface area contributed by atoms with Crippen molar-refractivity contribution < 1.29 is 14.4 Å². The number of carbonyl (C=O) groups is 3. The van der Waals surface area contributed by atoms with Crippen LogP contribution in [-0.4, -0.2) is 59.4 Å². The van der Waals surface area contributed by atoms with Crippen LogP contribution in [0, 0.1) is 5.92 Å². The van der Waals surface area contributed by atoms with E-state index in [9.17, 15) is 14.4 Å². The molecular weight excluding hydrogens is 452 g/mol. The number of nitrogens with one attached hydrogen (secondary N) is 2. The Morgan fingerprint density at radius 1 is 1.12 bits per heavy atom. The minimum Gasteiger partial charge on any atom is -0.337 e. The first kappa shape index (κ1) is 28.0. The molecule has 0 spiro atoms. The summed E-state index contributed by atoms with van der Waals surface area (Å²) in [6.45, 7) is 9.63. The number of unbranched alkanes of at least 4 members (excludes halogenated alkanes) is 4. The molecule has 1 fully saturated rings. The highest BCUT2D eigenvalue weighted by Gasteiger charge is 2.35. The van der Waals surface area contributed by atoms with E-state index < -0.39 is 12.1 Å². The normalized spacial score (nSPS) is 17.7. The average molecular weight is 493 g/mol. The Hall–Kier alpha value is -2.28. The second-order valence-corrected chi connectivity index (χ2v) is 9.79. The average Bonchev–Trinajstić information content (AvgIpc) is 2.81. The molecule has 1 saturated heterocycles. The minimum atomic E-state index is -0.641. The molecule has 4 amide bonds. The molecule has 0 bridgehead atoms. The lowest BCUT2D eigenvalue weighted by atomic mass is 9.97. The molecule has 1 aliphatic heterocycles. The van der Waals surface area contributed by atoms with Crippen LogP contribution in [0.1, 0.15) is 72.6 Å². The van der Waals surface area contributed by atoms with Crippen molar-refractivity contribution in [2.24, 2.45) is 5.92 Å². The summed E-state index contributed by atoms with van der Waals surface area (Å²) in [5.41, 5.74) is 0.566. The predicted molar refractivity (Wildman–Crippen MR) is 138 cm³/mol. The maximum absolute atomic E-state index is 13.4. The van der Waals surface area contributed by atoms with Crippen molar-refractivity contribution in [3.8, 4) is 0 Å². The van der Waals surface area contributed by atoms with Gasteiger partial charge in [0.2, 0.25) is 11.8 Å². The van der Waals surface area contributed by atoms with Crippen molar-refractivity contribution in [1.29, 1.82) is 0 Å². The lowest BCUT2D eigenvalue weighted by molar-refractivity contribution is -0.144. The second kappa shape index (κ2) is 14.2. The molecule has 1 aromatic carbocycles. The molecule has 0 saturated carbocycles. The maximum Gasteiger partial charge on any atom is 0.319 e. The van der Waals surface area contributed by atoms with Crippen LogP contribution in [0.3, 0.4) is 0 Å². The van der Waals surface area contributed by atoms with Gasteiger partial charge in [0, 0.05) is 42.8 Å². The van der Waals surface area contributed by atoms with Gasteiger partial charge in [-0.1, -0.05) is 70.5 Å². The Morgan fingerprint density at radius 3 is 2.50 bits per heavy atom. The van der Waals surface area contributed by atoms with Gasteiger partial charge >= 0.3 is 6.03 Å². The molecule has 1 aromatic rings. The Kier molecular flexibility index (Phi) is 11.7. The van der Waals surface area contributed by atoms with Crippen LogP contribution in [-0.2, 0) is 9.59 Å². The van der Waals surface area contributed by atoms with E-state index in [0.29, 0.717) is 36.8 Å². The van der Waals surface area contributed by atoms with E-state index >= 15 is 0 Å². The van der Waals surface area contributed by atoms with Gasteiger partial charge in [0.25, 0.3) is 0 Å². The summed E-state index contributed by atoms with van der Waals surface area (Å²) in [6, 6.07) is 5.76. The fourth-order valence-electron chi connectivity index (χ4n) is 4.31. The van der Waals surface area contributed by atoms with Crippen LogP contribution in [0.2, 0.25) is 5.02 Å². The van der Waals surface area contributed by atoms with Crippen molar-refractivity contribution in [3.05, 3.63) is 29.3 Å². The molecule has 190 valence electrons. The van der Waals surface area contributed by atoms with Gasteiger partial charge in [0.15, 0.2) is 0 Å². The zero-order chi connectivity index (χ0) is 25.1. The Morgan fingerprint density at radius 2 is 1.85 bits per heavy atom. The summed E-state index contributed by atoms with van der Waals surface area (Å²) in [6.07, 6.45) is 6.92. The SMILES string of the molecule is CCCCCCCC(=O)N1CCN(C(=O)C(NC(=O)Nc2cccc(Cl)c2)C(C)CC)CC1C. The number of hydrogen-bond donors (Lipinski definition) is 2. The van der Waals surface area contributed by atoms with Gasteiger partial charge in [-0.25, -0.2) is 4.79 Å². The molecule has 34 heavy (non-hydrogen) atoms. The third kappa shape index (κ3) is 8.49. The first-order valence-corrected chi connectivity index (χ1v) is 13.1. The van der Waals surface area contributed by atoms with E-state index in [2.05, 4.69) is 17.6 Å². The number of anilines is 1. The zero-order valence-electron chi connectivity index (χ0n) is 21.1. The summed E-state index contributed by atoms with van der Waals surface area (Å²) in [7, 11) is 0. The van der Waals surface area contributed by atoms with Crippen molar-refractivity contribution in [3.63, 3.8) is 0 Å². The number of piperazine rings is 1. The van der Waals surface area contributed by atoms with Crippen LogP contribution >= 0.6 is 11.6 Å². The number of benzene rings is 1. The highest BCUT2D eigenvalue weighted by Crippen LogP contribution is 2.18. The summed E-state index contributed by atoms with van der Waals surface area (Å²) in [5.74, 6) is 0.0402. The zero-order valence-corrected chi connectivity index (χ0v) is 21.9. The molecule has 0 aliphatic carbocycles. The topological polar surface area (TPSA) is 81.8 Å². The molecule has 3 atom stereocenters. The maximum atomic E-state index is 13.4. The Bertz CT molecular complexity index is 819. The minimum absolute atomic E-state index is 0.0318. The fourth-order valence-corrected chi connectivity index (χ4v) is 4.50. The number of hydrogen-bond acceptors (Lipinski definition) is 3. The molecule has 2 rings (SSSR count). The number of rotatable bonds is 11. The summed E-state index contributed by atoms with van der Waals surface area (Å²) in [5, 5.41) is 6.14. The molecule has 1 aliphatic rings. The number of carbonyl (C=O) groups excluding carboxylic acids is 3. The van der Waals surface area contributed by atoms with Gasteiger partial charge in [-0.3, -0.25) is 9.59 Å².